The fourth-order valence-electron chi connectivity index (χ4n) is 5.68. The molecule has 0 aromatic heterocycles. The molecule has 0 saturated heterocycles. The van der Waals surface area contributed by atoms with Crippen molar-refractivity contribution in [2.24, 2.45) is 23.7 Å². The highest BCUT2D eigenvalue weighted by Crippen LogP contribution is 2.58. The highest BCUT2D eigenvalue weighted by molar-refractivity contribution is 6.34. The van der Waals surface area contributed by atoms with Crippen LogP contribution in [-0.4, -0.2) is 24.8 Å². The van der Waals surface area contributed by atoms with E-state index in [0.717, 1.165) is 23.2 Å². The van der Waals surface area contributed by atoms with E-state index in [1.54, 1.807) is 13.2 Å². The van der Waals surface area contributed by atoms with E-state index in [4.69, 9.17) is 21.1 Å². The van der Waals surface area contributed by atoms with Gasteiger partial charge in [-0.1, -0.05) is 30.3 Å². The minimum atomic E-state index is -0.502. The maximum atomic E-state index is 11.6. The summed E-state index contributed by atoms with van der Waals surface area (Å²) in [6.45, 7) is 3.64. The standard InChI is InChI=1S/C24H27ClO4/c1-3-8-29-20(26)7-5-16-4-6-19(22(25)23(16)27)24(28-2)21-17-10-14-9-15(12-17)13-18(21)11-14/h3-7,14-15,17-18,27H,1,8-13H2,2H3. The number of allylic oxidation sites excluding steroid dienone is 1. The zero-order valence-corrected chi connectivity index (χ0v) is 17.5. The van der Waals surface area contributed by atoms with Gasteiger partial charge in [0.1, 0.15) is 18.1 Å². The molecule has 1 N–H and O–H groups in total. The third-order valence-electron chi connectivity index (χ3n) is 6.62. The van der Waals surface area contributed by atoms with Crippen LogP contribution in [0.1, 0.15) is 43.2 Å². The van der Waals surface area contributed by atoms with Gasteiger partial charge in [-0.3, -0.25) is 0 Å². The van der Waals surface area contributed by atoms with Crippen molar-refractivity contribution < 1.29 is 19.4 Å². The van der Waals surface area contributed by atoms with Gasteiger partial charge >= 0.3 is 5.97 Å². The van der Waals surface area contributed by atoms with E-state index in [1.165, 1.54) is 55.9 Å². The Labute approximate surface area is 176 Å². The predicted molar refractivity (Wildman–Crippen MR) is 114 cm³/mol. The molecule has 4 saturated carbocycles. The van der Waals surface area contributed by atoms with E-state index in [1.807, 2.05) is 6.07 Å². The Morgan fingerprint density at radius 1 is 1.21 bits per heavy atom. The quantitative estimate of drug-likeness (QED) is 0.285. The summed E-state index contributed by atoms with van der Waals surface area (Å²) in [5.41, 5.74) is 2.57. The number of halogens is 1. The second kappa shape index (κ2) is 8.27. The Kier molecular flexibility index (Phi) is 5.73. The third-order valence-corrected chi connectivity index (χ3v) is 7.00. The molecule has 5 rings (SSSR count). The Hall–Kier alpha value is -2.20. The first-order valence-corrected chi connectivity index (χ1v) is 10.6. The van der Waals surface area contributed by atoms with E-state index in [-0.39, 0.29) is 17.4 Å². The lowest BCUT2D eigenvalue weighted by atomic mass is 9.54. The molecular weight excluding hydrogens is 388 g/mol. The second-order valence-corrected chi connectivity index (χ2v) is 8.79. The Morgan fingerprint density at radius 3 is 2.45 bits per heavy atom. The number of hydrogen-bond acceptors (Lipinski definition) is 4. The number of rotatable bonds is 6. The molecule has 5 heteroatoms. The van der Waals surface area contributed by atoms with Gasteiger partial charge in [-0.25, -0.2) is 4.79 Å². The summed E-state index contributed by atoms with van der Waals surface area (Å²) in [4.78, 5) is 11.6. The summed E-state index contributed by atoms with van der Waals surface area (Å²) in [5.74, 6) is 3.11. The average Bonchev–Trinajstić information content (AvgIpc) is 2.70. The number of hydrogen-bond donors (Lipinski definition) is 1. The van der Waals surface area contributed by atoms with Crippen LogP contribution >= 0.6 is 11.6 Å². The Morgan fingerprint density at radius 2 is 1.86 bits per heavy atom. The molecule has 1 aromatic carbocycles. The van der Waals surface area contributed by atoms with Crippen molar-refractivity contribution in [3.63, 3.8) is 0 Å². The van der Waals surface area contributed by atoms with Gasteiger partial charge in [0.05, 0.1) is 12.1 Å². The topological polar surface area (TPSA) is 55.8 Å². The molecule has 0 amide bonds. The summed E-state index contributed by atoms with van der Waals surface area (Å²) in [6.07, 6.45) is 10.6. The molecule has 0 aliphatic heterocycles. The molecule has 0 spiro atoms. The molecule has 29 heavy (non-hydrogen) atoms. The van der Waals surface area contributed by atoms with Crippen molar-refractivity contribution in [3.05, 3.63) is 52.6 Å². The van der Waals surface area contributed by atoms with E-state index < -0.39 is 5.97 Å². The molecule has 4 nitrogen and oxygen atoms in total. The lowest BCUT2D eigenvalue weighted by Crippen LogP contribution is -2.40. The van der Waals surface area contributed by atoms with Crippen molar-refractivity contribution in [2.75, 3.05) is 13.7 Å². The lowest BCUT2D eigenvalue weighted by Gasteiger charge is -2.51. The molecule has 4 fully saturated rings. The van der Waals surface area contributed by atoms with Gasteiger partial charge < -0.3 is 14.6 Å². The summed E-state index contributed by atoms with van der Waals surface area (Å²) < 4.78 is 10.8. The minimum absolute atomic E-state index is 0.0593. The van der Waals surface area contributed by atoms with Crippen LogP contribution in [0.3, 0.4) is 0 Å². The highest BCUT2D eigenvalue weighted by Gasteiger charge is 2.46. The number of phenols is 1. The summed E-state index contributed by atoms with van der Waals surface area (Å²) in [7, 11) is 1.68. The Balaban J connectivity index is 1.64. The SMILES string of the molecule is C=CCOC(=O)C=Cc1ccc(C(OC)=C2C3CC4CC(C3)CC2C4)c(Cl)c1O. The van der Waals surface area contributed by atoms with Crippen LogP contribution in [0.25, 0.3) is 11.8 Å². The summed E-state index contributed by atoms with van der Waals surface area (Å²) in [5, 5.41) is 10.9. The molecule has 4 aliphatic rings. The maximum Gasteiger partial charge on any atom is 0.331 e. The number of carbonyl (C=O) groups excluding carboxylic acids is 1. The van der Waals surface area contributed by atoms with Gasteiger partial charge in [0.15, 0.2) is 0 Å². The van der Waals surface area contributed by atoms with Crippen molar-refractivity contribution >= 4 is 29.4 Å². The fraction of sp³-hybridized carbons (Fsp3) is 0.458. The number of carbonyl (C=O) groups is 1. The first-order valence-electron chi connectivity index (χ1n) is 10.3. The molecule has 0 heterocycles. The normalized spacial score (nSPS) is 27.3. The zero-order chi connectivity index (χ0) is 20.5. The van der Waals surface area contributed by atoms with Gasteiger partial charge in [-0.2, -0.15) is 0 Å². The first-order chi connectivity index (χ1) is 14.0. The summed E-state index contributed by atoms with van der Waals surface area (Å²) >= 11 is 6.56. The molecule has 0 unspecified atom stereocenters. The number of methoxy groups -OCH3 is 1. The van der Waals surface area contributed by atoms with Crippen LogP contribution in [0.4, 0.5) is 0 Å². The summed E-state index contributed by atoms with van der Waals surface area (Å²) in [6, 6.07) is 3.62. The minimum Gasteiger partial charge on any atom is -0.506 e. The van der Waals surface area contributed by atoms with Crippen LogP contribution in [0.2, 0.25) is 5.02 Å². The smallest absolute Gasteiger partial charge is 0.331 e. The number of aromatic hydroxyl groups is 1. The third kappa shape index (κ3) is 3.83. The van der Waals surface area contributed by atoms with E-state index in [9.17, 15) is 9.90 Å². The van der Waals surface area contributed by atoms with Crippen LogP contribution in [0, 0.1) is 23.7 Å². The van der Waals surface area contributed by atoms with Gasteiger partial charge in [0, 0.05) is 17.2 Å². The van der Waals surface area contributed by atoms with E-state index >= 15 is 0 Å². The first kappa shape index (κ1) is 20.1. The molecule has 4 aliphatic carbocycles. The molecule has 154 valence electrons. The molecule has 4 bridgehead atoms. The van der Waals surface area contributed by atoms with Crippen LogP contribution < -0.4 is 0 Å². The lowest BCUT2D eigenvalue weighted by molar-refractivity contribution is -0.136. The van der Waals surface area contributed by atoms with E-state index in [2.05, 4.69) is 6.58 Å². The van der Waals surface area contributed by atoms with Gasteiger partial charge in [0.25, 0.3) is 0 Å². The number of benzene rings is 1. The van der Waals surface area contributed by atoms with Crippen LogP contribution in [-0.2, 0) is 14.3 Å². The molecule has 0 radical (unpaired) electrons. The van der Waals surface area contributed by atoms with Crippen molar-refractivity contribution in [1.82, 2.24) is 0 Å². The molecule has 1 aromatic rings. The van der Waals surface area contributed by atoms with E-state index in [0.29, 0.717) is 17.4 Å². The number of ether oxygens (including phenoxy) is 2. The van der Waals surface area contributed by atoms with Gasteiger partial charge in [-0.15, -0.1) is 0 Å². The predicted octanol–water partition coefficient (Wildman–Crippen LogP) is 5.60. The van der Waals surface area contributed by atoms with Gasteiger partial charge in [-0.05, 0) is 73.5 Å². The van der Waals surface area contributed by atoms with Crippen molar-refractivity contribution in [3.8, 4) is 5.75 Å². The zero-order valence-electron chi connectivity index (χ0n) is 16.7. The van der Waals surface area contributed by atoms with Crippen molar-refractivity contribution in [2.45, 2.75) is 32.1 Å². The second-order valence-electron chi connectivity index (χ2n) is 8.41. The van der Waals surface area contributed by atoms with Crippen molar-refractivity contribution in [1.29, 1.82) is 0 Å². The Bertz CT molecular complexity index is 853. The molecule has 0 atom stereocenters. The van der Waals surface area contributed by atoms with Crippen LogP contribution in [0.15, 0.2) is 36.4 Å². The maximum absolute atomic E-state index is 11.6. The monoisotopic (exact) mass is 414 g/mol. The average molecular weight is 415 g/mol. The highest BCUT2D eigenvalue weighted by atomic mass is 35.5. The fourth-order valence-corrected chi connectivity index (χ4v) is 5.94. The molecular formula is C24H27ClO4. The largest absolute Gasteiger partial charge is 0.506 e. The number of esters is 1. The van der Waals surface area contributed by atoms with Crippen LogP contribution in [0.5, 0.6) is 5.75 Å². The number of phenolic OH excluding ortho intramolecular Hbond substituents is 1. The van der Waals surface area contributed by atoms with Gasteiger partial charge in [0.2, 0.25) is 0 Å².